The average Bonchev–Trinajstić information content (AvgIpc) is 2.21. The molecule has 15 heavy (non-hydrogen) atoms. The maximum Gasteiger partial charge on any atom is 0.303 e. The van der Waals surface area contributed by atoms with Gasteiger partial charge < -0.3 is 5.11 Å². The van der Waals surface area contributed by atoms with Crippen LogP contribution in [-0.2, 0) is 9.59 Å². The topological polar surface area (TPSA) is 54.4 Å². The molecule has 0 radical (unpaired) electrons. The molecule has 0 rings (SSSR count). The molecule has 0 aliphatic carbocycles. The van der Waals surface area contributed by atoms with Gasteiger partial charge in [-0.15, -0.1) is 0 Å². The Hall–Kier alpha value is -1.71. The zero-order valence-corrected chi connectivity index (χ0v) is 8.50. The van der Waals surface area contributed by atoms with Crippen molar-refractivity contribution in [2.75, 3.05) is 0 Å². The predicted octanol–water partition coefficient (Wildman–Crippen LogP) is 2.41. The molecule has 0 aromatic heterocycles. The van der Waals surface area contributed by atoms with Gasteiger partial charge in [0.1, 0.15) is 5.83 Å². The first-order valence-corrected chi connectivity index (χ1v) is 4.42. The Balaban J connectivity index is 4.55. The first-order chi connectivity index (χ1) is 7.01. The quantitative estimate of drug-likeness (QED) is 0.543. The van der Waals surface area contributed by atoms with Crippen LogP contribution in [0.15, 0.2) is 36.2 Å². The molecule has 0 spiro atoms. The molecule has 0 aromatic carbocycles. The maximum atomic E-state index is 12.8. The van der Waals surface area contributed by atoms with E-state index in [0.717, 1.165) is 6.08 Å². The van der Waals surface area contributed by atoms with E-state index in [-0.39, 0.29) is 18.4 Å². The van der Waals surface area contributed by atoms with E-state index >= 15 is 0 Å². The van der Waals surface area contributed by atoms with Crippen LogP contribution in [0.4, 0.5) is 4.39 Å². The fraction of sp³-hybridized carbons (Fsp3) is 0.273. The van der Waals surface area contributed by atoms with Gasteiger partial charge in [0.2, 0.25) is 0 Å². The lowest BCUT2D eigenvalue weighted by Gasteiger charge is -1.98. The van der Waals surface area contributed by atoms with E-state index < -0.39 is 17.6 Å². The van der Waals surface area contributed by atoms with E-state index in [9.17, 15) is 14.0 Å². The van der Waals surface area contributed by atoms with Crippen molar-refractivity contribution in [2.24, 2.45) is 0 Å². The highest BCUT2D eigenvalue weighted by Gasteiger charge is 2.09. The van der Waals surface area contributed by atoms with E-state index in [1.807, 2.05) is 0 Å². The number of carboxylic acids is 1. The van der Waals surface area contributed by atoms with Crippen molar-refractivity contribution < 1.29 is 19.1 Å². The monoisotopic (exact) mass is 212 g/mol. The summed E-state index contributed by atoms with van der Waals surface area (Å²) in [5, 5.41) is 8.36. The summed E-state index contributed by atoms with van der Waals surface area (Å²) >= 11 is 0. The number of Topliss-reactive ketones (excluding diaryl/α,β-unsaturated/α-hetero) is 1. The molecule has 82 valence electrons. The summed E-state index contributed by atoms with van der Waals surface area (Å²) in [6, 6.07) is 0. The van der Waals surface area contributed by atoms with Crippen LogP contribution < -0.4 is 0 Å². The summed E-state index contributed by atoms with van der Waals surface area (Å²) < 4.78 is 12.8. The Bertz CT molecular complexity index is 327. The minimum Gasteiger partial charge on any atom is -0.481 e. The van der Waals surface area contributed by atoms with Crippen molar-refractivity contribution in [2.45, 2.75) is 19.8 Å². The number of aliphatic carboxylic acids is 1. The van der Waals surface area contributed by atoms with Crippen LogP contribution in [0.1, 0.15) is 19.8 Å². The highest BCUT2D eigenvalue weighted by atomic mass is 19.1. The molecule has 0 amide bonds. The zero-order chi connectivity index (χ0) is 11.8. The second kappa shape index (κ2) is 6.70. The first kappa shape index (κ1) is 13.3. The number of carbonyl (C=O) groups excluding carboxylic acids is 1. The molecule has 1 N–H and O–H groups in total. The van der Waals surface area contributed by atoms with E-state index in [0.29, 0.717) is 0 Å². The summed E-state index contributed by atoms with van der Waals surface area (Å²) in [5.74, 6) is -2.03. The van der Waals surface area contributed by atoms with Gasteiger partial charge >= 0.3 is 5.97 Å². The van der Waals surface area contributed by atoms with Gasteiger partial charge in [0, 0.05) is 12.0 Å². The smallest absolute Gasteiger partial charge is 0.303 e. The van der Waals surface area contributed by atoms with Gasteiger partial charge in [0.25, 0.3) is 0 Å². The summed E-state index contributed by atoms with van der Waals surface area (Å²) in [4.78, 5) is 21.5. The fourth-order valence-corrected chi connectivity index (χ4v) is 0.850. The van der Waals surface area contributed by atoms with Crippen molar-refractivity contribution >= 4 is 11.8 Å². The van der Waals surface area contributed by atoms with Crippen molar-refractivity contribution in [3.05, 3.63) is 36.2 Å². The molecule has 0 fully saturated rings. The maximum absolute atomic E-state index is 12.8. The number of hydrogen-bond donors (Lipinski definition) is 1. The molecule has 0 saturated carbocycles. The van der Waals surface area contributed by atoms with Crippen molar-refractivity contribution in [1.29, 1.82) is 0 Å². The molecule has 0 atom stereocenters. The first-order valence-electron chi connectivity index (χ1n) is 4.42. The normalized spacial score (nSPS) is 12.4. The Morgan fingerprint density at radius 3 is 2.40 bits per heavy atom. The Labute approximate surface area is 87.6 Å². The van der Waals surface area contributed by atoms with Crippen molar-refractivity contribution in [1.82, 2.24) is 0 Å². The van der Waals surface area contributed by atoms with Crippen LogP contribution in [-0.4, -0.2) is 16.9 Å². The Kier molecular flexibility index (Phi) is 5.94. The van der Waals surface area contributed by atoms with Crippen LogP contribution >= 0.6 is 0 Å². The van der Waals surface area contributed by atoms with Crippen LogP contribution in [0.25, 0.3) is 0 Å². The largest absolute Gasteiger partial charge is 0.481 e. The summed E-state index contributed by atoms with van der Waals surface area (Å²) in [5.41, 5.74) is 0.0897. The molecule has 4 heteroatoms. The lowest BCUT2D eigenvalue weighted by molar-refractivity contribution is -0.138. The van der Waals surface area contributed by atoms with Gasteiger partial charge in [-0.3, -0.25) is 9.59 Å². The van der Waals surface area contributed by atoms with Crippen LogP contribution in [0.2, 0.25) is 0 Å². The van der Waals surface area contributed by atoms with Gasteiger partial charge in [-0.2, -0.15) is 0 Å². The lowest BCUT2D eigenvalue weighted by Crippen LogP contribution is -2.04. The molecular formula is C11H13FO3. The van der Waals surface area contributed by atoms with Crippen LogP contribution in [0.3, 0.4) is 0 Å². The summed E-state index contributed by atoms with van der Waals surface area (Å²) in [7, 11) is 0. The number of carbonyl (C=O) groups is 2. The number of allylic oxidation sites excluding steroid dienone is 5. The van der Waals surface area contributed by atoms with E-state index in [4.69, 9.17) is 5.11 Å². The minimum absolute atomic E-state index is 0.0897. The molecule has 3 nitrogen and oxygen atoms in total. The lowest BCUT2D eigenvalue weighted by atomic mass is 10.1. The average molecular weight is 212 g/mol. The number of carboxylic acid groups (broad SMARTS) is 1. The molecule has 0 aliphatic heterocycles. The number of ketones is 1. The van der Waals surface area contributed by atoms with E-state index in [2.05, 4.69) is 6.58 Å². The third-order valence-electron chi connectivity index (χ3n) is 1.68. The van der Waals surface area contributed by atoms with Crippen LogP contribution in [0, 0.1) is 0 Å². The van der Waals surface area contributed by atoms with Gasteiger partial charge in [0.15, 0.2) is 5.78 Å². The number of rotatable bonds is 6. The third kappa shape index (κ3) is 5.57. The zero-order valence-electron chi connectivity index (χ0n) is 8.50. The third-order valence-corrected chi connectivity index (χ3v) is 1.68. The number of halogens is 1. The molecule has 0 bridgehead atoms. The van der Waals surface area contributed by atoms with Crippen LogP contribution in [0.5, 0.6) is 0 Å². The molecule has 0 aliphatic rings. The standard InChI is InChI=1S/C11H13FO3/c1-3-8(7-9(12)4-2)10(13)5-6-11(14)15/h3-4,7H,1,5-6H2,2H3,(H,14,15)/b8-7+,9-4+. The van der Waals surface area contributed by atoms with Crippen molar-refractivity contribution in [3.8, 4) is 0 Å². The molecule has 0 heterocycles. The number of hydrogen-bond acceptors (Lipinski definition) is 2. The Morgan fingerprint density at radius 1 is 1.40 bits per heavy atom. The predicted molar refractivity (Wildman–Crippen MR) is 55.0 cm³/mol. The van der Waals surface area contributed by atoms with Crippen molar-refractivity contribution in [3.63, 3.8) is 0 Å². The van der Waals surface area contributed by atoms with Gasteiger partial charge in [-0.1, -0.05) is 18.7 Å². The highest BCUT2D eigenvalue weighted by Crippen LogP contribution is 2.09. The second-order valence-corrected chi connectivity index (χ2v) is 2.79. The summed E-state index contributed by atoms with van der Waals surface area (Å²) in [6.07, 6.45) is 3.05. The van der Waals surface area contributed by atoms with Gasteiger partial charge in [-0.25, -0.2) is 4.39 Å². The molecule has 0 saturated heterocycles. The van der Waals surface area contributed by atoms with Gasteiger partial charge in [-0.05, 0) is 13.0 Å². The molecule has 0 aromatic rings. The molecule has 0 unspecified atom stereocenters. The van der Waals surface area contributed by atoms with E-state index in [1.54, 1.807) is 0 Å². The summed E-state index contributed by atoms with van der Waals surface area (Å²) in [6.45, 7) is 4.86. The van der Waals surface area contributed by atoms with Gasteiger partial charge in [0.05, 0.1) is 6.42 Å². The highest BCUT2D eigenvalue weighted by molar-refractivity contribution is 5.99. The van der Waals surface area contributed by atoms with E-state index in [1.165, 1.54) is 19.1 Å². The second-order valence-electron chi connectivity index (χ2n) is 2.79. The minimum atomic E-state index is -1.06. The fourth-order valence-electron chi connectivity index (χ4n) is 0.850. The molecular weight excluding hydrogens is 199 g/mol. The SMILES string of the molecule is C=C/C(=C\C(F)=C/C)C(=O)CCC(=O)O. The Morgan fingerprint density at radius 2 is 2.00 bits per heavy atom.